The second-order valence-corrected chi connectivity index (χ2v) is 17.5. The van der Waals surface area contributed by atoms with E-state index in [4.69, 9.17) is 15.1 Å². The summed E-state index contributed by atoms with van der Waals surface area (Å²) in [5, 5.41) is 22.8. The summed E-state index contributed by atoms with van der Waals surface area (Å²) < 4.78 is 5.10. The first-order valence-corrected chi connectivity index (χ1v) is 21.8. The van der Waals surface area contributed by atoms with Gasteiger partial charge in [0, 0.05) is 87.9 Å². The van der Waals surface area contributed by atoms with Gasteiger partial charge in [-0.1, -0.05) is 12.1 Å². The van der Waals surface area contributed by atoms with Gasteiger partial charge in [-0.15, -0.1) is 6.58 Å². The van der Waals surface area contributed by atoms with Crippen molar-refractivity contribution in [1.82, 2.24) is 44.3 Å². The number of amides is 2. The van der Waals surface area contributed by atoms with Gasteiger partial charge >= 0.3 is 0 Å². The van der Waals surface area contributed by atoms with E-state index in [2.05, 4.69) is 67.2 Å². The van der Waals surface area contributed by atoms with E-state index in [0.29, 0.717) is 53.7 Å². The number of nitrogens with zero attached hydrogens (tertiary/aromatic N) is 10. The van der Waals surface area contributed by atoms with E-state index < -0.39 is 11.5 Å². The van der Waals surface area contributed by atoms with Crippen LogP contribution < -0.4 is 26.0 Å². The third kappa shape index (κ3) is 7.30. The summed E-state index contributed by atoms with van der Waals surface area (Å²) in [6.07, 6.45) is 7.68. The van der Waals surface area contributed by atoms with Gasteiger partial charge in [0.15, 0.2) is 11.5 Å². The molecule has 62 heavy (non-hydrogen) atoms. The summed E-state index contributed by atoms with van der Waals surface area (Å²) in [5.41, 5.74) is 5.72. The summed E-state index contributed by atoms with van der Waals surface area (Å²) in [7, 11) is 1.92. The minimum absolute atomic E-state index is 0.214. The zero-order chi connectivity index (χ0) is 42.7. The maximum Gasteiger partial charge on any atom is 0.278 e. The van der Waals surface area contributed by atoms with Gasteiger partial charge in [-0.05, 0) is 99.0 Å². The van der Waals surface area contributed by atoms with Crippen LogP contribution in [0.25, 0.3) is 27.8 Å². The maximum absolute atomic E-state index is 13.5. The summed E-state index contributed by atoms with van der Waals surface area (Å²) >= 11 is 0. The highest BCUT2D eigenvalue weighted by Gasteiger charge is 2.35. The van der Waals surface area contributed by atoms with Crippen molar-refractivity contribution < 1.29 is 14.7 Å². The quantitative estimate of drug-likeness (QED) is 0.131. The fourth-order valence-corrected chi connectivity index (χ4v) is 9.86. The number of piperidine rings is 2. The summed E-state index contributed by atoms with van der Waals surface area (Å²) in [4.78, 5) is 59.4. The number of nitrogens with one attached hydrogen (secondary N) is 2. The van der Waals surface area contributed by atoms with Crippen LogP contribution in [0.3, 0.4) is 0 Å². The van der Waals surface area contributed by atoms with Gasteiger partial charge in [0.05, 0.1) is 29.4 Å². The number of aliphatic hydroxyl groups is 1. The number of allylic oxidation sites excluding steroid dienone is 1. The number of hydrogen-bond donors (Lipinski definition) is 3. The molecule has 6 aromatic rings. The van der Waals surface area contributed by atoms with Crippen molar-refractivity contribution in [1.29, 1.82) is 0 Å². The van der Waals surface area contributed by atoms with Crippen molar-refractivity contribution >= 4 is 56.8 Å². The molecule has 3 fully saturated rings. The second kappa shape index (κ2) is 15.8. The molecular formula is C46H52N12O4. The fourth-order valence-electron chi connectivity index (χ4n) is 9.86. The Morgan fingerprint density at radius 2 is 1.66 bits per heavy atom. The van der Waals surface area contributed by atoms with Crippen molar-refractivity contribution in [2.75, 3.05) is 60.9 Å². The molecule has 320 valence electrons. The Hall–Kier alpha value is -6.39. The highest BCUT2D eigenvalue weighted by Crippen LogP contribution is 2.36. The minimum Gasteiger partial charge on any atom is -0.384 e. The average Bonchev–Trinajstić information content (AvgIpc) is 3.87. The zero-order valence-corrected chi connectivity index (χ0v) is 35.3. The molecule has 3 saturated heterocycles. The van der Waals surface area contributed by atoms with Crippen molar-refractivity contribution in [2.45, 2.75) is 63.5 Å². The molecule has 4 aromatic heterocycles. The van der Waals surface area contributed by atoms with Crippen LogP contribution in [0, 0.1) is 5.92 Å². The number of anilines is 4. The smallest absolute Gasteiger partial charge is 0.278 e. The molecule has 1 aliphatic carbocycles. The number of pyridine rings is 1. The lowest BCUT2D eigenvalue weighted by Crippen LogP contribution is -2.49. The number of piperazine rings is 1. The molecule has 10 rings (SSSR count). The molecule has 2 amide bonds. The third-order valence-electron chi connectivity index (χ3n) is 13.3. The van der Waals surface area contributed by atoms with E-state index in [1.807, 2.05) is 36.0 Å². The van der Waals surface area contributed by atoms with E-state index in [1.165, 1.54) is 11.4 Å². The molecule has 0 bridgehead atoms. The van der Waals surface area contributed by atoms with Crippen LogP contribution in [0.15, 0.2) is 78.2 Å². The molecule has 1 unspecified atom stereocenters. The first-order valence-electron chi connectivity index (χ1n) is 21.8. The number of carbonyl (C=O) groups is 2. The van der Waals surface area contributed by atoms with Gasteiger partial charge in [-0.2, -0.15) is 10.1 Å². The van der Waals surface area contributed by atoms with E-state index in [0.717, 1.165) is 92.9 Å². The molecule has 4 aliphatic rings. The summed E-state index contributed by atoms with van der Waals surface area (Å²) in [6.45, 7) is 13.0. The van der Waals surface area contributed by atoms with Crippen LogP contribution in [0.5, 0.6) is 0 Å². The SMILES string of the molecule is C=CCn1c(=O)c2cnc(Nc3ccc(N4CCN(CC5CCN(c6ccc7c(C8CCC(=O)NC8=O)nn(C)c7c6)CC5)CC4)cc3)nc2n1-c1ccc2c(n1)[C@](C)(O)CC2. The number of hydrogen-bond acceptors (Lipinski definition) is 12. The minimum atomic E-state index is -1.03. The van der Waals surface area contributed by atoms with Crippen LogP contribution >= 0.6 is 0 Å². The van der Waals surface area contributed by atoms with E-state index in [1.54, 1.807) is 28.6 Å². The van der Waals surface area contributed by atoms with Gasteiger partial charge < -0.3 is 20.2 Å². The first kappa shape index (κ1) is 39.7. The fraction of sp³-hybridized carbons (Fsp3) is 0.413. The topological polar surface area (TPSA) is 172 Å². The number of aromatic nitrogens is 7. The molecule has 0 spiro atoms. The van der Waals surface area contributed by atoms with Crippen molar-refractivity contribution in [3.63, 3.8) is 0 Å². The number of aryl methyl sites for hydroxylation is 2. The lowest BCUT2D eigenvalue weighted by molar-refractivity contribution is -0.134. The standard InChI is InChI=1S/C46H52N12O4/c1-4-19-57-44(61)36-27-47-45(51-42(36)58(57)38-13-5-30-15-18-46(2,62)41(30)49-38)48-31-6-8-32(9-7-31)56-24-22-54(23-25-56)28-29-16-20-55(21-17-29)33-10-11-34-37(26-33)53(3)52-40(34)35-12-14-39(59)50-43(35)60/h4-11,13,26-27,29,35,62H,1,12,14-25,28H2,2-3H3,(H,47,48,51)(H,50,59,60)/t35?,46-/m1/s1. The lowest BCUT2D eigenvalue weighted by Gasteiger charge is -2.40. The van der Waals surface area contributed by atoms with Gasteiger partial charge in [0.25, 0.3) is 5.56 Å². The normalized spacial score (nSPS) is 21.2. The largest absolute Gasteiger partial charge is 0.384 e. The Balaban J connectivity index is 0.741. The van der Waals surface area contributed by atoms with E-state index in [-0.39, 0.29) is 23.9 Å². The Kier molecular flexibility index (Phi) is 10.1. The monoisotopic (exact) mass is 836 g/mol. The number of imide groups is 1. The van der Waals surface area contributed by atoms with Crippen LogP contribution in [0.2, 0.25) is 0 Å². The molecule has 3 aliphatic heterocycles. The predicted molar refractivity (Wildman–Crippen MR) is 238 cm³/mol. The average molecular weight is 837 g/mol. The van der Waals surface area contributed by atoms with Crippen molar-refractivity contribution in [2.24, 2.45) is 13.0 Å². The molecule has 16 nitrogen and oxygen atoms in total. The number of fused-ring (bicyclic) bond motifs is 3. The molecule has 16 heteroatoms. The van der Waals surface area contributed by atoms with Gasteiger partial charge in [0.1, 0.15) is 11.0 Å². The third-order valence-corrected chi connectivity index (χ3v) is 13.3. The summed E-state index contributed by atoms with van der Waals surface area (Å²) in [5.74, 6) is 0.640. The molecule has 2 atom stereocenters. The molecule has 2 aromatic carbocycles. The zero-order valence-electron chi connectivity index (χ0n) is 35.3. The van der Waals surface area contributed by atoms with Crippen LogP contribution in [0.4, 0.5) is 23.0 Å². The van der Waals surface area contributed by atoms with Crippen LogP contribution in [0.1, 0.15) is 61.9 Å². The summed E-state index contributed by atoms with van der Waals surface area (Å²) in [6, 6.07) is 18.6. The molecule has 7 heterocycles. The lowest BCUT2D eigenvalue weighted by atomic mass is 9.92. The highest BCUT2D eigenvalue weighted by atomic mass is 16.3. The van der Waals surface area contributed by atoms with Crippen LogP contribution in [-0.4, -0.2) is 102 Å². The van der Waals surface area contributed by atoms with Gasteiger partial charge in [-0.25, -0.2) is 19.3 Å². The Bertz CT molecular complexity index is 2770. The molecule has 3 N–H and O–H groups in total. The molecule has 0 saturated carbocycles. The maximum atomic E-state index is 13.5. The van der Waals surface area contributed by atoms with Crippen molar-refractivity contribution in [3.8, 4) is 5.82 Å². The Morgan fingerprint density at radius 1 is 0.903 bits per heavy atom. The molecular weight excluding hydrogens is 785 g/mol. The number of carbonyl (C=O) groups excluding carboxylic acids is 2. The van der Waals surface area contributed by atoms with Crippen molar-refractivity contribution in [3.05, 3.63) is 101 Å². The van der Waals surface area contributed by atoms with E-state index in [9.17, 15) is 19.5 Å². The Labute approximate surface area is 358 Å². The molecule has 0 radical (unpaired) electrons. The van der Waals surface area contributed by atoms with Gasteiger partial charge in [0.2, 0.25) is 17.8 Å². The highest BCUT2D eigenvalue weighted by molar-refractivity contribution is 6.02. The van der Waals surface area contributed by atoms with E-state index >= 15 is 0 Å². The number of rotatable bonds is 10. The Morgan fingerprint density at radius 3 is 2.42 bits per heavy atom. The predicted octanol–water partition coefficient (Wildman–Crippen LogP) is 4.51. The first-order chi connectivity index (χ1) is 30.0. The van der Waals surface area contributed by atoms with Gasteiger partial charge in [-0.3, -0.25) is 29.3 Å². The van der Waals surface area contributed by atoms with Crippen LogP contribution in [-0.2, 0) is 35.2 Å². The number of benzene rings is 2. The second-order valence-electron chi connectivity index (χ2n) is 17.5.